The average Bonchev–Trinajstić information content (AvgIpc) is 2.00. The molecule has 1 aliphatic heterocycles. The van der Waals surface area contributed by atoms with Gasteiger partial charge in [-0.1, -0.05) is 0 Å². The number of hydrogen-bond acceptors (Lipinski definition) is 3. The molecule has 0 N–H and O–H groups in total. The van der Waals surface area contributed by atoms with Gasteiger partial charge in [-0.05, 0) is 26.4 Å². The smallest absolute Gasteiger partial charge is 0.125 e. The molecule has 1 aromatic rings. The first-order chi connectivity index (χ1) is 5.84. The van der Waals surface area contributed by atoms with Crippen LogP contribution in [0.5, 0.6) is 0 Å². The third-order valence-electron chi connectivity index (χ3n) is 2.19. The molecule has 0 spiro atoms. The lowest BCUT2D eigenvalue weighted by Gasteiger charge is -2.30. The second kappa shape index (κ2) is 3.19. The number of hydrogen-bond donors (Lipinski definition) is 0. The summed E-state index contributed by atoms with van der Waals surface area (Å²) in [6, 6.07) is 0. The Morgan fingerprint density at radius 3 is 2.50 bits per heavy atom. The Labute approximate surface area is 72.4 Å². The molecule has 0 aromatic carbocycles. The zero-order chi connectivity index (χ0) is 8.39. The van der Waals surface area contributed by atoms with E-state index in [1.54, 1.807) is 0 Å². The van der Waals surface area contributed by atoms with E-state index >= 15 is 0 Å². The fourth-order valence-corrected chi connectivity index (χ4v) is 1.30. The molecule has 1 aliphatic rings. The van der Waals surface area contributed by atoms with Crippen LogP contribution < -0.4 is 0 Å². The normalized spacial score (nSPS) is 17.4. The molecule has 1 fully saturated rings. The van der Waals surface area contributed by atoms with E-state index in [0.29, 0.717) is 0 Å². The summed E-state index contributed by atoms with van der Waals surface area (Å²) in [5.41, 5.74) is 1.22. The third kappa shape index (κ3) is 1.61. The van der Waals surface area contributed by atoms with Crippen molar-refractivity contribution in [1.29, 1.82) is 0 Å². The molecule has 0 unspecified atom stereocenters. The molecule has 0 bridgehead atoms. The van der Waals surface area contributed by atoms with Crippen molar-refractivity contribution >= 4 is 0 Å². The molecule has 0 aliphatic carbocycles. The second-order valence-corrected chi connectivity index (χ2v) is 3.27. The number of aryl methyl sites for hydroxylation is 1. The van der Waals surface area contributed by atoms with Gasteiger partial charge in [-0.3, -0.25) is 4.90 Å². The van der Waals surface area contributed by atoms with E-state index in [0.717, 1.165) is 12.4 Å². The van der Waals surface area contributed by atoms with Crippen LogP contribution in [-0.4, -0.2) is 28.0 Å². The minimum Gasteiger partial charge on any atom is -0.299 e. The molecule has 64 valence electrons. The Hall–Kier alpha value is -0.960. The van der Waals surface area contributed by atoms with Crippen molar-refractivity contribution in [3.63, 3.8) is 0 Å². The van der Waals surface area contributed by atoms with E-state index in [2.05, 4.69) is 14.9 Å². The molecule has 2 rings (SSSR count). The maximum absolute atomic E-state index is 4.15. The van der Waals surface area contributed by atoms with Gasteiger partial charge in [-0.2, -0.15) is 0 Å². The molecule has 12 heavy (non-hydrogen) atoms. The van der Waals surface area contributed by atoms with Crippen LogP contribution in [0.3, 0.4) is 0 Å². The summed E-state index contributed by atoms with van der Waals surface area (Å²) in [6.07, 6.45) is 5.17. The fraction of sp³-hybridized carbons (Fsp3) is 0.556. The number of rotatable bonds is 2. The topological polar surface area (TPSA) is 29.0 Å². The monoisotopic (exact) mass is 163 g/mol. The number of nitrogens with zero attached hydrogens (tertiary/aromatic N) is 3. The average molecular weight is 163 g/mol. The summed E-state index contributed by atoms with van der Waals surface area (Å²) in [4.78, 5) is 10.7. The summed E-state index contributed by atoms with van der Waals surface area (Å²) in [5, 5.41) is 0. The highest BCUT2D eigenvalue weighted by atomic mass is 15.2. The molecule has 0 amide bonds. The first-order valence-corrected chi connectivity index (χ1v) is 4.34. The maximum atomic E-state index is 4.15. The Bertz CT molecular complexity index is 251. The van der Waals surface area contributed by atoms with E-state index in [-0.39, 0.29) is 0 Å². The van der Waals surface area contributed by atoms with Gasteiger partial charge in [0.05, 0.1) is 0 Å². The van der Waals surface area contributed by atoms with Crippen LogP contribution in [0.15, 0.2) is 12.4 Å². The molecule has 0 saturated carbocycles. The van der Waals surface area contributed by atoms with Crippen LogP contribution in [0.4, 0.5) is 0 Å². The highest BCUT2D eigenvalue weighted by molar-refractivity contribution is 5.04. The van der Waals surface area contributed by atoms with E-state index in [4.69, 9.17) is 0 Å². The van der Waals surface area contributed by atoms with Crippen LogP contribution in [0.25, 0.3) is 0 Å². The van der Waals surface area contributed by atoms with Crippen LogP contribution in [-0.2, 0) is 6.54 Å². The fourth-order valence-electron chi connectivity index (χ4n) is 1.30. The van der Waals surface area contributed by atoms with Crippen molar-refractivity contribution < 1.29 is 0 Å². The van der Waals surface area contributed by atoms with Crippen molar-refractivity contribution in [3.8, 4) is 0 Å². The van der Waals surface area contributed by atoms with E-state index in [9.17, 15) is 0 Å². The molecule has 3 nitrogen and oxygen atoms in total. The van der Waals surface area contributed by atoms with Crippen LogP contribution >= 0.6 is 0 Å². The maximum Gasteiger partial charge on any atom is 0.125 e. The summed E-state index contributed by atoms with van der Waals surface area (Å²) in [7, 11) is 0. The van der Waals surface area contributed by atoms with E-state index in [1.165, 1.54) is 25.1 Å². The van der Waals surface area contributed by atoms with Gasteiger partial charge in [0.1, 0.15) is 5.82 Å². The molecule has 1 aromatic heterocycles. The van der Waals surface area contributed by atoms with Gasteiger partial charge in [-0.15, -0.1) is 0 Å². The predicted octanol–water partition coefficient (Wildman–Crippen LogP) is 0.991. The molecule has 1 saturated heterocycles. The van der Waals surface area contributed by atoms with Crippen molar-refractivity contribution in [2.24, 2.45) is 0 Å². The van der Waals surface area contributed by atoms with Gasteiger partial charge >= 0.3 is 0 Å². The van der Waals surface area contributed by atoms with Gasteiger partial charge in [0, 0.05) is 24.5 Å². The predicted molar refractivity (Wildman–Crippen MR) is 46.7 cm³/mol. The first kappa shape index (κ1) is 7.68. The number of likely N-dealkylation sites (tertiary alicyclic amines) is 1. The first-order valence-electron chi connectivity index (χ1n) is 4.34. The summed E-state index contributed by atoms with van der Waals surface area (Å²) in [6.45, 7) is 5.38. The lowest BCUT2D eigenvalue weighted by Crippen LogP contribution is -2.36. The zero-order valence-corrected chi connectivity index (χ0v) is 7.32. The Kier molecular flexibility index (Phi) is 2.04. The van der Waals surface area contributed by atoms with Gasteiger partial charge in [0.15, 0.2) is 0 Å². The van der Waals surface area contributed by atoms with Crippen LogP contribution in [0.1, 0.15) is 17.8 Å². The molecular formula is C9H13N3. The van der Waals surface area contributed by atoms with Gasteiger partial charge < -0.3 is 0 Å². The van der Waals surface area contributed by atoms with Crippen molar-refractivity contribution in [2.45, 2.75) is 19.9 Å². The zero-order valence-electron chi connectivity index (χ0n) is 7.32. The second-order valence-electron chi connectivity index (χ2n) is 3.27. The minimum absolute atomic E-state index is 0.849. The largest absolute Gasteiger partial charge is 0.299 e. The Balaban J connectivity index is 1.98. The molecule has 2 heterocycles. The summed E-state index contributed by atoms with van der Waals surface area (Å²) >= 11 is 0. The molecule has 0 atom stereocenters. The SMILES string of the molecule is Cc1ncc(CN2CCC2)cn1. The van der Waals surface area contributed by atoms with Gasteiger partial charge in [0.25, 0.3) is 0 Å². The van der Waals surface area contributed by atoms with Crippen LogP contribution in [0.2, 0.25) is 0 Å². The summed E-state index contributed by atoms with van der Waals surface area (Å²) in [5.74, 6) is 0.849. The quantitative estimate of drug-likeness (QED) is 0.651. The minimum atomic E-state index is 0.849. The Morgan fingerprint density at radius 1 is 1.33 bits per heavy atom. The van der Waals surface area contributed by atoms with Crippen molar-refractivity contribution in [2.75, 3.05) is 13.1 Å². The summed E-state index contributed by atoms with van der Waals surface area (Å²) < 4.78 is 0. The molecule has 0 radical (unpaired) electrons. The molecular weight excluding hydrogens is 150 g/mol. The van der Waals surface area contributed by atoms with Crippen molar-refractivity contribution in [3.05, 3.63) is 23.8 Å². The van der Waals surface area contributed by atoms with Crippen molar-refractivity contribution in [1.82, 2.24) is 14.9 Å². The highest BCUT2D eigenvalue weighted by Gasteiger charge is 2.13. The standard InChI is InChI=1S/C9H13N3/c1-8-10-5-9(6-11-8)7-12-3-2-4-12/h5-6H,2-4,7H2,1H3. The Morgan fingerprint density at radius 2 is 2.00 bits per heavy atom. The number of aromatic nitrogens is 2. The molecule has 3 heteroatoms. The lowest BCUT2D eigenvalue weighted by atomic mass is 10.2. The van der Waals surface area contributed by atoms with Gasteiger partial charge in [0.2, 0.25) is 0 Å². The van der Waals surface area contributed by atoms with Gasteiger partial charge in [-0.25, -0.2) is 9.97 Å². The lowest BCUT2D eigenvalue weighted by molar-refractivity contribution is 0.172. The van der Waals surface area contributed by atoms with E-state index < -0.39 is 0 Å². The highest BCUT2D eigenvalue weighted by Crippen LogP contribution is 2.10. The van der Waals surface area contributed by atoms with E-state index in [1.807, 2.05) is 19.3 Å². The third-order valence-corrected chi connectivity index (χ3v) is 2.19. The van der Waals surface area contributed by atoms with Crippen LogP contribution in [0, 0.1) is 6.92 Å².